The number of hydrogen-bond donors (Lipinski definition) is 1. The highest BCUT2D eigenvalue weighted by Crippen LogP contribution is 2.48. The molecule has 1 aliphatic carbocycles. The third kappa shape index (κ3) is 2.22. The molecule has 1 aromatic carbocycles. The number of piperidine rings is 1. The maximum Gasteiger partial charge on any atom is 0.314 e. The van der Waals surface area contributed by atoms with Crippen LogP contribution in [-0.4, -0.2) is 22.9 Å². The van der Waals surface area contributed by atoms with E-state index >= 15 is 0 Å². The number of carboxylic acid groups (broad SMARTS) is 1. The van der Waals surface area contributed by atoms with E-state index in [0.717, 1.165) is 5.56 Å². The molecule has 2 amide bonds. The summed E-state index contributed by atoms with van der Waals surface area (Å²) in [5.41, 5.74) is 0.508. The second kappa shape index (κ2) is 4.69. The monoisotopic (exact) mass is 287 g/mol. The number of carbonyl (C=O) groups is 3. The second-order valence-electron chi connectivity index (χ2n) is 6.07. The Labute approximate surface area is 122 Å². The first-order valence-corrected chi connectivity index (χ1v) is 7.14. The van der Waals surface area contributed by atoms with Crippen LogP contribution in [0.5, 0.6) is 0 Å². The third-order valence-corrected chi connectivity index (χ3v) is 4.38. The van der Waals surface area contributed by atoms with Crippen LogP contribution < -0.4 is 4.90 Å². The van der Waals surface area contributed by atoms with Crippen LogP contribution in [0.1, 0.15) is 38.2 Å². The number of benzene rings is 1. The fourth-order valence-corrected chi connectivity index (χ4v) is 2.96. The Morgan fingerprint density at radius 3 is 2.10 bits per heavy atom. The highest BCUT2D eigenvalue weighted by molar-refractivity contribution is 6.16. The number of imide groups is 1. The van der Waals surface area contributed by atoms with Crippen LogP contribution in [0, 0.1) is 5.92 Å². The Hall–Kier alpha value is -2.17. The first kappa shape index (κ1) is 13.8. The van der Waals surface area contributed by atoms with E-state index in [4.69, 9.17) is 0 Å². The van der Waals surface area contributed by atoms with Gasteiger partial charge in [-0.25, -0.2) is 0 Å². The zero-order valence-electron chi connectivity index (χ0n) is 11.8. The van der Waals surface area contributed by atoms with E-state index < -0.39 is 11.4 Å². The molecule has 2 aliphatic rings. The summed E-state index contributed by atoms with van der Waals surface area (Å²) in [5.74, 6) is -1.10. The quantitative estimate of drug-likeness (QED) is 0.864. The number of carbonyl (C=O) groups excluding carboxylic acids is 2. The summed E-state index contributed by atoms with van der Waals surface area (Å²) in [6, 6.07) is 6.78. The molecule has 2 fully saturated rings. The molecule has 5 heteroatoms. The van der Waals surface area contributed by atoms with Crippen molar-refractivity contribution in [2.24, 2.45) is 5.92 Å². The zero-order valence-corrected chi connectivity index (χ0v) is 11.8. The van der Waals surface area contributed by atoms with Crippen molar-refractivity contribution < 1.29 is 19.5 Å². The lowest BCUT2D eigenvalue weighted by Gasteiger charge is -2.28. The third-order valence-electron chi connectivity index (χ3n) is 4.38. The van der Waals surface area contributed by atoms with Crippen LogP contribution >= 0.6 is 0 Å². The Bertz CT molecular complexity index is 598. The van der Waals surface area contributed by atoms with Gasteiger partial charge >= 0.3 is 5.97 Å². The number of nitrogens with zero attached hydrogens (tertiary/aromatic N) is 1. The van der Waals surface area contributed by atoms with E-state index in [1.165, 1.54) is 4.90 Å². The number of rotatable bonds is 3. The van der Waals surface area contributed by atoms with Gasteiger partial charge in [0.1, 0.15) is 0 Å². The lowest BCUT2D eigenvalue weighted by atomic mass is 9.94. The van der Waals surface area contributed by atoms with Gasteiger partial charge < -0.3 is 5.11 Å². The zero-order chi connectivity index (χ0) is 15.2. The molecule has 21 heavy (non-hydrogen) atoms. The molecular weight excluding hydrogens is 270 g/mol. The summed E-state index contributed by atoms with van der Waals surface area (Å²) in [7, 11) is 0. The molecule has 0 unspecified atom stereocenters. The minimum atomic E-state index is -0.811. The maximum absolute atomic E-state index is 12.0. The Morgan fingerprint density at radius 1 is 1.14 bits per heavy atom. The van der Waals surface area contributed by atoms with Gasteiger partial charge in [0, 0.05) is 12.8 Å². The molecule has 0 aromatic heterocycles. The molecule has 1 saturated carbocycles. The second-order valence-corrected chi connectivity index (χ2v) is 6.07. The molecule has 1 heterocycles. The van der Waals surface area contributed by atoms with Crippen LogP contribution in [0.3, 0.4) is 0 Å². The van der Waals surface area contributed by atoms with Gasteiger partial charge in [-0.15, -0.1) is 0 Å². The first-order valence-electron chi connectivity index (χ1n) is 7.14. The van der Waals surface area contributed by atoms with Crippen LogP contribution in [0.2, 0.25) is 0 Å². The van der Waals surface area contributed by atoms with Gasteiger partial charge in [-0.1, -0.05) is 19.1 Å². The van der Waals surface area contributed by atoms with Gasteiger partial charge in [-0.05, 0) is 36.5 Å². The number of carboxylic acids is 1. The van der Waals surface area contributed by atoms with Crippen molar-refractivity contribution in [2.75, 3.05) is 4.90 Å². The van der Waals surface area contributed by atoms with Gasteiger partial charge in [0.05, 0.1) is 11.1 Å². The molecular formula is C16H17NO4. The number of anilines is 1. The lowest BCUT2D eigenvalue weighted by Crippen LogP contribution is -2.42. The lowest BCUT2D eigenvalue weighted by molar-refractivity contribution is -0.140. The minimum Gasteiger partial charge on any atom is -0.481 e. The van der Waals surface area contributed by atoms with Crippen molar-refractivity contribution in [2.45, 2.75) is 38.0 Å². The summed E-state index contributed by atoms with van der Waals surface area (Å²) >= 11 is 0. The summed E-state index contributed by atoms with van der Waals surface area (Å²) in [6.45, 7) is 1.89. The Kier molecular flexibility index (Phi) is 3.08. The van der Waals surface area contributed by atoms with Crippen LogP contribution in [0.15, 0.2) is 24.3 Å². The molecule has 3 rings (SSSR count). The van der Waals surface area contributed by atoms with Crippen molar-refractivity contribution in [3.63, 3.8) is 0 Å². The molecule has 1 aliphatic heterocycles. The summed E-state index contributed by atoms with van der Waals surface area (Å²) in [6.07, 6.45) is 2.01. The van der Waals surface area contributed by atoms with E-state index in [9.17, 15) is 19.5 Å². The molecule has 1 aromatic rings. The molecule has 0 bridgehead atoms. The number of hydrogen-bond acceptors (Lipinski definition) is 3. The van der Waals surface area contributed by atoms with Crippen molar-refractivity contribution in [3.05, 3.63) is 29.8 Å². The van der Waals surface area contributed by atoms with E-state index in [-0.39, 0.29) is 17.7 Å². The molecule has 5 nitrogen and oxygen atoms in total. The average molecular weight is 287 g/mol. The number of amides is 2. The topological polar surface area (TPSA) is 74.7 Å². The molecule has 1 saturated heterocycles. The van der Waals surface area contributed by atoms with Gasteiger partial charge in [-0.2, -0.15) is 0 Å². The highest BCUT2D eigenvalue weighted by atomic mass is 16.4. The predicted molar refractivity (Wildman–Crippen MR) is 75.9 cm³/mol. The summed E-state index contributed by atoms with van der Waals surface area (Å²) in [4.78, 5) is 36.6. The largest absolute Gasteiger partial charge is 0.481 e. The van der Waals surface area contributed by atoms with Gasteiger partial charge in [0.25, 0.3) is 0 Å². The molecule has 0 atom stereocenters. The summed E-state index contributed by atoms with van der Waals surface area (Å²) in [5, 5.41) is 9.27. The minimum absolute atomic E-state index is 0.0854. The molecule has 0 spiro atoms. The van der Waals surface area contributed by atoms with E-state index in [1.54, 1.807) is 24.3 Å². The van der Waals surface area contributed by atoms with Gasteiger partial charge in [0.15, 0.2) is 0 Å². The average Bonchev–Trinajstić information content (AvgIpc) is 3.19. The fraction of sp³-hybridized carbons (Fsp3) is 0.438. The first-order chi connectivity index (χ1) is 9.94. The number of aliphatic carboxylic acids is 1. The predicted octanol–water partition coefficient (Wildman–Crippen LogP) is 2.09. The van der Waals surface area contributed by atoms with Crippen molar-refractivity contribution in [1.29, 1.82) is 0 Å². The van der Waals surface area contributed by atoms with E-state index in [0.29, 0.717) is 31.4 Å². The maximum atomic E-state index is 12.0. The SMILES string of the molecule is CC1CC(=O)N(c2ccc(C3(C(=O)O)CC3)cc2)C(=O)C1. The smallest absolute Gasteiger partial charge is 0.314 e. The van der Waals surface area contributed by atoms with Crippen LogP contribution in [0.4, 0.5) is 5.69 Å². The van der Waals surface area contributed by atoms with Gasteiger partial charge in [0.2, 0.25) is 11.8 Å². The van der Waals surface area contributed by atoms with Crippen molar-refractivity contribution >= 4 is 23.5 Å². The normalized spacial score (nSPS) is 21.5. The van der Waals surface area contributed by atoms with Crippen molar-refractivity contribution in [1.82, 2.24) is 0 Å². The van der Waals surface area contributed by atoms with Crippen molar-refractivity contribution in [3.8, 4) is 0 Å². The van der Waals surface area contributed by atoms with E-state index in [2.05, 4.69) is 0 Å². The molecule has 1 N–H and O–H groups in total. The fourth-order valence-electron chi connectivity index (χ4n) is 2.96. The highest BCUT2D eigenvalue weighted by Gasteiger charge is 2.51. The molecule has 0 radical (unpaired) electrons. The van der Waals surface area contributed by atoms with E-state index in [1.807, 2.05) is 6.92 Å². The molecule has 110 valence electrons. The van der Waals surface area contributed by atoms with Crippen LogP contribution in [0.25, 0.3) is 0 Å². The van der Waals surface area contributed by atoms with Crippen LogP contribution in [-0.2, 0) is 19.8 Å². The Morgan fingerprint density at radius 2 is 1.67 bits per heavy atom. The van der Waals surface area contributed by atoms with Gasteiger partial charge in [-0.3, -0.25) is 19.3 Å². The Balaban J connectivity index is 1.86. The standard InChI is InChI=1S/C16H17NO4/c1-10-8-13(18)17(14(19)9-10)12-4-2-11(3-5-12)16(6-7-16)15(20)21/h2-5,10H,6-9H2,1H3,(H,20,21). The summed E-state index contributed by atoms with van der Waals surface area (Å²) < 4.78 is 0.